The Kier molecular flexibility index (Phi) is 2.04. The first-order valence-electron chi connectivity index (χ1n) is 5.02. The van der Waals surface area contributed by atoms with Crippen LogP contribution in [0.1, 0.15) is 11.7 Å². The van der Waals surface area contributed by atoms with Crippen LogP contribution >= 0.6 is 11.6 Å². The number of benzene rings is 1. The lowest BCUT2D eigenvalue weighted by atomic mass is 10.1. The number of anilines is 1. The molecule has 4 nitrogen and oxygen atoms in total. The number of aromatic nitrogens is 1. The molecule has 0 saturated heterocycles. The average molecular weight is 235 g/mol. The van der Waals surface area contributed by atoms with Crippen LogP contribution in [0.2, 0.25) is 5.15 Å². The monoisotopic (exact) mass is 234 g/mol. The molecule has 0 bridgehead atoms. The van der Waals surface area contributed by atoms with E-state index in [0.717, 1.165) is 22.2 Å². The first kappa shape index (κ1) is 9.84. The van der Waals surface area contributed by atoms with E-state index in [2.05, 4.69) is 10.4 Å². The van der Waals surface area contributed by atoms with Gasteiger partial charge in [-0.1, -0.05) is 29.8 Å². The number of nitrogens with zero attached hydrogens (tertiary/aromatic N) is 2. The molecule has 0 spiro atoms. The van der Waals surface area contributed by atoms with E-state index in [0.29, 0.717) is 5.15 Å². The fourth-order valence-electron chi connectivity index (χ4n) is 2.15. The molecule has 2 heterocycles. The Morgan fingerprint density at radius 3 is 3.00 bits per heavy atom. The molecule has 1 aliphatic rings. The smallest absolute Gasteiger partial charge is 0.138 e. The summed E-state index contributed by atoms with van der Waals surface area (Å²) >= 11 is 6.15. The third-order valence-electron chi connectivity index (χ3n) is 2.83. The molecule has 2 aromatic rings. The predicted molar refractivity (Wildman–Crippen MR) is 65.2 cm³/mol. The van der Waals surface area contributed by atoms with Crippen molar-refractivity contribution >= 4 is 28.2 Å². The standard InChI is InChI=1S/C11H11ClN4/c1-16-9-6-4-2-3-5-7(6)14-10(12)8(9)11(13)15-16/h2-5,11,15H,13H2,1H3. The lowest BCUT2D eigenvalue weighted by Crippen LogP contribution is -2.34. The number of nitrogens with one attached hydrogen (secondary N) is 1. The molecule has 5 heteroatoms. The van der Waals surface area contributed by atoms with Crippen molar-refractivity contribution in [2.75, 3.05) is 12.1 Å². The van der Waals surface area contributed by atoms with Crippen LogP contribution in [0.15, 0.2) is 24.3 Å². The second-order valence-electron chi connectivity index (χ2n) is 3.85. The van der Waals surface area contributed by atoms with Crippen molar-refractivity contribution < 1.29 is 0 Å². The molecule has 0 fully saturated rings. The van der Waals surface area contributed by atoms with Crippen LogP contribution in [-0.2, 0) is 0 Å². The molecule has 1 aromatic carbocycles. The first-order valence-corrected chi connectivity index (χ1v) is 5.40. The van der Waals surface area contributed by atoms with Crippen molar-refractivity contribution in [1.29, 1.82) is 0 Å². The van der Waals surface area contributed by atoms with E-state index in [-0.39, 0.29) is 6.17 Å². The summed E-state index contributed by atoms with van der Waals surface area (Å²) in [7, 11) is 1.93. The molecule has 1 aliphatic heterocycles. The molecule has 3 N–H and O–H groups in total. The molecule has 1 unspecified atom stereocenters. The zero-order valence-corrected chi connectivity index (χ0v) is 9.49. The van der Waals surface area contributed by atoms with E-state index < -0.39 is 0 Å². The number of pyridine rings is 1. The largest absolute Gasteiger partial charge is 0.311 e. The number of fused-ring (bicyclic) bond motifs is 3. The highest BCUT2D eigenvalue weighted by Gasteiger charge is 2.28. The summed E-state index contributed by atoms with van der Waals surface area (Å²) in [6, 6.07) is 7.89. The maximum absolute atomic E-state index is 6.15. The zero-order valence-electron chi connectivity index (χ0n) is 8.74. The minimum absolute atomic E-state index is 0.287. The van der Waals surface area contributed by atoms with Gasteiger partial charge in [0.1, 0.15) is 11.3 Å². The number of para-hydroxylation sites is 1. The Bertz CT molecular complexity index is 569. The molecule has 16 heavy (non-hydrogen) atoms. The van der Waals surface area contributed by atoms with Crippen LogP contribution < -0.4 is 16.2 Å². The van der Waals surface area contributed by atoms with Crippen molar-refractivity contribution in [3.05, 3.63) is 35.0 Å². The maximum Gasteiger partial charge on any atom is 0.138 e. The summed E-state index contributed by atoms with van der Waals surface area (Å²) < 4.78 is 0. The van der Waals surface area contributed by atoms with Crippen LogP contribution in [-0.4, -0.2) is 12.0 Å². The van der Waals surface area contributed by atoms with Gasteiger partial charge in [-0.3, -0.25) is 0 Å². The molecule has 82 valence electrons. The van der Waals surface area contributed by atoms with Gasteiger partial charge >= 0.3 is 0 Å². The summed E-state index contributed by atoms with van der Waals surface area (Å²) in [6.45, 7) is 0. The summed E-state index contributed by atoms with van der Waals surface area (Å²) in [5.41, 5.74) is 11.8. The summed E-state index contributed by atoms with van der Waals surface area (Å²) in [6.07, 6.45) is -0.287. The van der Waals surface area contributed by atoms with Gasteiger partial charge in [-0.25, -0.2) is 10.4 Å². The topological polar surface area (TPSA) is 54.2 Å². The number of hydrogen-bond acceptors (Lipinski definition) is 4. The lowest BCUT2D eigenvalue weighted by molar-refractivity contribution is 0.592. The molecule has 0 amide bonds. The van der Waals surface area contributed by atoms with Gasteiger partial charge in [-0.2, -0.15) is 0 Å². The molecule has 0 saturated carbocycles. The highest BCUT2D eigenvalue weighted by atomic mass is 35.5. The van der Waals surface area contributed by atoms with E-state index in [1.807, 2.05) is 36.3 Å². The van der Waals surface area contributed by atoms with Gasteiger partial charge in [-0.15, -0.1) is 0 Å². The van der Waals surface area contributed by atoms with Crippen molar-refractivity contribution in [3.8, 4) is 0 Å². The normalized spacial score (nSPS) is 19.2. The van der Waals surface area contributed by atoms with Crippen molar-refractivity contribution in [2.24, 2.45) is 5.73 Å². The lowest BCUT2D eigenvalue weighted by Gasteiger charge is -2.14. The molecular formula is C11H11ClN4. The van der Waals surface area contributed by atoms with E-state index >= 15 is 0 Å². The summed E-state index contributed by atoms with van der Waals surface area (Å²) in [5, 5.41) is 3.43. The van der Waals surface area contributed by atoms with Crippen LogP contribution in [0.25, 0.3) is 10.9 Å². The van der Waals surface area contributed by atoms with Crippen LogP contribution in [0.3, 0.4) is 0 Å². The van der Waals surface area contributed by atoms with E-state index in [9.17, 15) is 0 Å². The molecular weight excluding hydrogens is 224 g/mol. The van der Waals surface area contributed by atoms with Crippen LogP contribution in [0.5, 0.6) is 0 Å². The minimum atomic E-state index is -0.287. The van der Waals surface area contributed by atoms with Gasteiger partial charge in [0.15, 0.2) is 0 Å². The number of hydrazine groups is 1. The fraction of sp³-hybridized carbons (Fsp3) is 0.182. The number of rotatable bonds is 0. The van der Waals surface area contributed by atoms with Crippen molar-refractivity contribution in [1.82, 2.24) is 10.4 Å². The zero-order chi connectivity index (χ0) is 11.3. The quantitative estimate of drug-likeness (QED) is 0.683. The van der Waals surface area contributed by atoms with E-state index in [1.54, 1.807) is 0 Å². The highest BCUT2D eigenvalue weighted by molar-refractivity contribution is 6.31. The minimum Gasteiger partial charge on any atom is -0.311 e. The summed E-state index contributed by atoms with van der Waals surface area (Å²) in [4.78, 5) is 4.35. The van der Waals surface area contributed by atoms with Crippen molar-refractivity contribution in [3.63, 3.8) is 0 Å². The second-order valence-corrected chi connectivity index (χ2v) is 4.21. The van der Waals surface area contributed by atoms with E-state index in [1.165, 1.54) is 0 Å². The third-order valence-corrected chi connectivity index (χ3v) is 3.12. The van der Waals surface area contributed by atoms with Gasteiger partial charge in [0, 0.05) is 18.0 Å². The molecule has 1 atom stereocenters. The Morgan fingerprint density at radius 2 is 2.19 bits per heavy atom. The van der Waals surface area contributed by atoms with Crippen LogP contribution in [0, 0.1) is 0 Å². The molecule has 0 radical (unpaired) electrons. The van der Waals surface area contributed by atoms with Crippen molar-refractivity contribution in [2.45, 2.75) is 6.17 Å². The highest BCUT2D eigenvalue weighted by Crippen LogP contribution is 2.39. The van der Waals surface area contributed by atoms with Crippen LogP contribution in [0.4, 0.5) is 5.69 Å². The maximum atomic E-state index is 6.15. The molecule has 0 aliphatic carbocycles. The van der Waals surface area contributed by atoms with Gasteiger partial charge < -0.3 is 10.7 Å². The first-order chi connectivity index (χ1) is 7.68. The van der Waals surface area contributed by atoms with Gasteiger partial charge in [0.25, 0.3) is 0 Å². The Labute approximate surface area is 98.0 Å². The third kappa shape index (κ3) is 1.21. The Morgan fingerprint density at radius 1 is 1.44 bits per heavy atom. The van der Waals surface area contributed by atoms with Gasteiger partial charge in [0.05, 0.1) is 11.2 Å². The number of nitrogens with two attached hydrogens (primary N) is 1. The van der Waals surface area contributed by atoms with Gasteiger partial charge in [0.2, 0.25) is 0 Å². The predicted octanol–water partition coefficient (Wildman–Crippen LogP) is 1.80. The number of hydrogen-bond donors (Lipinski definition) is 2. The Hall–Kier alpha value is -1.36. The number of halogens is 1. The fourth-order valence-corrected chi connectivity index (χ4v) is 2.45. The van der Waals surface area contributed by atoms with E-state index in [4.69, 9.17) is 17.3 Å². The average Bonchev–Trinajstić information content (AvgIpc) is 2.55. The SMILES string of the molecule is CN1NC(N)c2c(Cl)nc3ccccc3c21. The summed E-state index contributed by atoms with van der Waals surface area (Å²) in [5.74, 6) is 0. The van der Waals surface area contributed by atoms with Gasteiger partial charge in [-0.05, 0) is 6.07 Å². The second kappa shape index (κ2) is 3.31. The Balaban J connectivity index is 2.44. The molecule has 3 rings (SSSR count). The molecule has 1 aromatic heterocycles.